The SMILES string of the molecule is CC(C)(C)c1ccc(C2(c3ccc(OCc4ccc5c(c4)CC5)cc3)c3ccccc3-c3ccc(N(c4ccccc4)c4ccc(-c5ccc(N(c6ccccc6)c6ccc7c(c6)C(c6ccc(Oc8ccc9c(c8)CC9)cc6)(c6ccc(C(C)(C)C)cc6)c6ccccc6-7)cc5)cc4)cc32)cc1. The third-order valence-corrected chi connectivity index (χ3v) is 22.5. The van der Waals surface area contributed by atoms with Crippen molar-refractivity contribution in [3.05, 3.63) is 411 Å². The number of aryl methyl sites for hydroxylation is 4. The van der Waals surface area contributed by atoms with Crippen LogP contribution in [0.3, 0.4) is 0 Å². The van der Waals surface area contributed by atoms with Gasteiger partial charge in [0.15, 0.2) is 0 Å². The Bertz CT molecular complexity index is 5510. The topological polar surface area (TPSA) is 24.9 Å². The molecule has 0 N–H and O–H groups in total. The number of para-hydroxylation sites is 2. The molecule has 0 amide bonds. The Labute approximate surface area is 606 Å². The number of benzene rings is 14. The standard InChI is InChI=1S/C99H82N2O2/c1-96(2,3)73-36-40-75(41-37-73)98(77-44-55-85(56-45-77)102-65-66-25-26-69-27-29-71(69)61-66)92-23-15-13-21-88(92)90-59-52-83(63-94(90)98)100(79-17-9-7-10-18-79)81-48-31-67(32-49-81)68-33-50-82(51-34-68)101(80-19-11-8-12-20-80)84-53-60-91-89-22-14-16-24-93(89)99(95(91)64-84,76-42-38-74(39-43-76)97(4,5)6)78-46-57-86(58-47-78)103-87-54-35-70-28-30-72(70)62-87/h7-26,31-64H,27-30,65H2,1-6H3. The minimum absolute atomic E-state index is 0.00835. The van der Waals surface area contributed by atoms with Gasteiger partial charge in [-0.15, -0.1) is 0 Å². The van der Waals surface area contributed by atoms with Crippen LogP contribution in [0.1, 0.15) is 125 Å². The highest BCUT2D eigenvalue weighted by Crippen LogP contribution is 2.60. The minimum atomic E-state index is -0.649. The molecule has 103 heavy (non-hydrogen) atoms. The van der Waals surface area contributed by atoms with Gasteiger partial charge in [-0.05, 0) is 263 Å². The first kappa shape index (κ1) is 63.5. The maximum absolute atomic E-state index is 6.60. The molecule has 2 atom stereocenters. The minimum Gasteiger partial charge on any atom is -0.489 e. The number of nitrogens with zero attached hydrogens (tertiary/aromatic N) is 2. The van der Waals surface area contributed by atoms with Crippen LogP contribution in [0.5, 0.6) is 17.2 Å². The quantitative estimate of drug-likeness (QED) is 0.0963. The predicted octanol–water partition coefficient (Wildman–Crippen LogP) is 25.2. The van der Waals surface area contributed by atoms with Crippen LogP contribution in [0.4, 0.5) is 34.1 Å². The molecular formula is C99H82N2O2. The molecule has 0 saturated heterocycles. The van der Waals surface area contributed by atoms with E-state index in [-0.39, 0.29) is 10.8 Å². The molecule has 4 aliphatic rings. The van der Waals surface area contributed by atoms with Crippen LogP contribution < -0.4 is 19.3 Å². The summed E-state index contributed by atoms with van der Waals surface area (Å²) in [6.45, 7) is 14.3. The van der Waals surface area contributed by atoms with E-state index < -0.39 is 10.8 Å². The molecule has 0 aromatic heterocycles. The van der Waals surface area contributed by atoms with Gasteiger partial charge in [-0.25, -0.2) is 0 Å². The van der Waals surface area contributed by atoms with Crippen molar-refractivity contribution in [2.24, 2.45) is 0 Å². The molecule has 0 radical (unpaired) electrons. The zero-order valence-corrected chi connectivity index (χ0v) is 59.4. The Kier molecular flexibility index (Phi) is 15.5. The van der Waals surface area contributed by atoms with Crippen molar-refractivity contribution < 1.29 is 9.47 Å². The smallest absolute Gasteiger partial charge is 0.127 e. The van der Waals surface area contributed by atoms with Crippen molar-refractivity contribution >= 4 is 34.1 Å². The van der Waals surface area contributed by atoms with Crippen molar-refractivity contribution in [1.82, 2.24) is 0 Å². The molecule has 14 aromatic carbocycles. The molecule has 0 aliphatic heterocycles. The van der Waals surface area contributed by atoms with Crippen LogP contribution >= 0.6 is 0 Å². The molecule has 0 heterocycles. The summed E-state index contributed by atoms with van der Waals surface area (Å²) < 4.78 is 13.2. The number of hydrogen-bond donors (Lipinski definition) is 0. The lowest BCUT2D eigenvalue weighted by Gasteiger charge is -2.35. The normalized spacial score (nSPS) is 15.8. The van der Waals surface area contributed by atoms with Crippen molar-refractivity contribution in [2.75, 3.05) is 9.80 Å². The summed E-state index contributed by atoms with van der Waals surface area (Å²) >= 11 is 0. The second-order valence-corrected chi connectivity index (χ2v) is 30.6. The molecule has 4 heteroatoms. The molecule has 4 aliphatic carbocycles. The molecule has 2 unspecified atom stereocenters. The van der Waals surface area contributed by atoms with Crippen molar-refractivity contribution in [3.63, 3.8) is 0 Å². The van der Waals surface area contributed by atoms with Gasteiger partial charge in [-0.3, -0.25) is 0 Å². The molecule has 4 nitrogen and oxygen atoms in total. The van der Waals surface area contributed by atoms with E-state index >= 15 is 0 Å². The first-order chi connectivity index (χ1) is 50.2. The maximum Gasteiger partial charge on any atom is 0.127 e. The highest BCUT2D eigenvalue weighted by Gasteiger charge is 2.48. The average molecular weight is 1330 g/mol. The Morgan fingerprint density at radius 1 is 0.282 bits per heavy atom. The van der Waals surface area contributed by atoms with Gasteiger partial charge in [-0.2, -0.15) is 0 Å². The van der Waals surface area contributed by atoms with E-state index in [0.29, 0.717) is 6.61 Å². The summed E-state index contributed by atoms with van der Waals surface area (Å²) in [5.41, 5.74) is 31.7. The predicted molar refractivity (Wildman–Crippen MR) is 425 cm³/mol. The van der Waals surface area contributed by atoms with Crippen LogP contribution in [-0.2, 0) is 54.0 Å². The molecular weight excluding hydrogens is 1250 g/mol. The summed E-state index contributed by atoms with van der Waals surface area (Å²) in [5, 5.41) is 0. The number of hydrogen-bond acceptors (Lipinski definition) is 4. The van der Waals surface area contributed by atoms with E-state index in [4.69, 9.17) is 9.47 Å². The third-order valence-electron chi connectivity index (χ3n) is 22.5. The van der Waals surface area contributed by atoms with Crippen LogP contribution in [0.15, 0.2) is 328 Å². The second-order valence-electron chi connectivity index (χ2n) is 30.6. The van der Waals surface area contributed by atoms with E-state index in [2.05, 4.69) is 379 Å². The number of rotatable bonds is 16. The van der Waals surface area contributed by atoms with Gasteiger partial charge in [0.2, 0.25) is 0 Å². The van der Waals surface area contributed by atoms with Gasteiger partial charge in [0.1, 0.15) is 23.9 Å². The average Bonchev–Trinajstić information content (AvgIpc) is 1.56. The van der Waals surface area contributed by atoms with Gasteiger partial charge >= 0.3 is 0 Å². The first-order valence-corrected chi connectivity index (χ1v) is 36.6. The van der Waals surface area contributed by atoms with Crippen molar-refractivity contribution in [2.45, 2.75) is 95.5 Å². The van der Waals surface area contributed by atoms with Gasteiger partial charge in [-0.1, -0.05) is 260 Å². The maximum atomic E-state index is 6.60. The number of anilines is 6. The summed E-state index contributed by atoms with van der Waals surface area (Å²) in [6, 6.07) is 122. The van der Waals surface area contributed by atoms with Gasteiger partial charge in [0.05, 0.1) is 10.8 Å². The Morgan fingerprint density at radius 3 is 1.06 bits per heavy atom. The number of fused-ring (bicyclic) bond motifs is 8. The first-order valence-electron chi connectivity index (χ1n) is 36.6. The molecule has 0 spiro atoms. The highest BCUT2D eigenvalue weighted by molar-refractivity contribution is 5.92. The Hall–Kier alpha value is -11.7. The zero-order valence-electron chi connectivity index (χ0n) is 59.4. The van der Waals surface area contributed by atoms with E-state index in [1.54, 1.807) is 0 Å². The second kappa shape index (κ2) is 25.1. The Morgan fingerprint density at radius 2 is 0.641 bits per heavy atom. The van der Waals surface area contributed by atoms with E-state index in [1.165, 1.54) is 112 Å². The third kappa shape index (κ3) is 11.0. The summed E-state index contributed by atoms with van der Waals surface area (Å²) in [6.07, 6.45) is 4.58. The van der Waals surface area contributed by atoms with Crippen molar-refractivity contribution in [3.8, 4) is 50.6 Å². The molecule has 18 rings (SSSR count). The fourth-order valence-electron chi connectivity index (χ4n) is 16.9. The van der Waals surface area contributed by atoms with E-state index in [9.17, 15) is 0 Å². The molecule has 0 fully saturated rings. The summed E-state index contributed by atoms with van der Waals surface area (Å²) in [5.74, 6) is 2.56. The molecule has 0 saturated carbocycles. The summed E-state index contributed by atoms with van der Waals surface area (Å²) in [7, 11) is 0. The van der Waals surface area contributed by atoms with E-state index in [1.807, 2.05) is 0 Å². The Balaban J connectivity index is 0.700. The molecule has 14 aromatic rings. The highest BCUT2D eigenvalue weighted by atomic mass is 16.5. The van der Waals surface area contributed by atoms with E-state index in [0.717, 1.165) is 81.8 Å². The fraction of sp³-hybridized carbons (Fsp3) is 0.152. The van der Waals surface area contributed by atoms with Crippen molar-refractivity contribution in [1.29, 1.82) is 0 Å². The van der Waals surface area contributed by atoms with Crippen LogP contribution in [0, 0.1) is 0 Å². The lowest BCUT2D eigenvalue weighted by atomic mass is 9.67. The monoisotopic (exact) mass is 1330 g/mol. The summed E-state index contributed by atoms with van der Waals surface area (Å²) in [4.78, 5) is 4.83. The van der Waals surface area contributed by atoms with Gasteiger partial charge < -0.3 is 19.3 Å². The van der Waals surface area contributed by atoms with Gasteiger partial charge in [0, 0.05) is 34.1 Å². The molecule has 500 valence electrons. The van der Waals surface area contributed by atoms with Crippen LogP contribution in [0.2, 0.25) is 0 Å². The lowest BCUT2D eigenvalue weighted by molar-refractivity contribution is 0.306. The fourth-order valence-corrected chi connectivity index (χ4v) is 16.9. The zero-order chi connectivity index (χ0) is 69.6. The largest absolute Gasteiger partial charge is 0.489 e. The van der Waals surface area contributed by atoms with Gasteiger partial charge in [0.25, 0.3) is 0 Å². The van der Waals surface area contributed by atoms with Crippen LogP contribution in [-0.4, -0.2) is 0 Å². The number of ether oxygens (including phenoxy) is 2. The van der Waals surface area contributed by atoms with Crippen LogP contribution in [0.25, 0.3) is 33.4 Å². The lowest BCUT2D eigenvalue weighted by Crippen LogP contribution is -2.29. The molecule has 0 bridgehead atoms.